The maximum atomic E-state index is 12.0. The van der Waals surface area contributed by atoms with Crippen LogP contribution in [-0.4, -0.2) is 31.7 Å². The molecular weight excluding hydrogens is 264 g/mol. The first-order valence-corrected chi connectivity index (χ1v) is 6.87. The first kappa shape index (κ1) is 16.2. The van der Waals surface area contributed by atoms with E-state index in [2.05, 4.69) is 13.8 Å². The molecule has 0 aliphatic rings. The van der Waals surface area contributed by atoms with Crippen LogP contribution in [0.1, 0.15) is 31.1 Å². The van der Waals surface area contributed by atoms with E-state index in [0.29, 0.717) is 36.3 Å². The molecule has 0 spiro atoms. The highest BCUT2D eigenvalue weighted by Gasteiger charge is 2.15. The van der Waals surface area contributed by atoms with Crippen LogP contribution in [0.4, 0.5) is 0 Å². The molecule has 1 unspecified atom stereocenters. The monoisotopic (exact) mass is 284 g/mol. The second-order valence-electron chi connectivity index (χ2n) is 4.86. The predicted molar refractivity (Wildman–Crippen MR) is 76.9 cm³/mol. The van der Waals surface area contributed by atoms with Gasteiger partial charge in [-0.1, -0.05) is 37.6 Å². The smallest absolute Gasteiger partial charge is 0.191 e. The molecule has 106 valence electrons. The molecule has 0 aliphatic carbocycles. The first-order chi connectivity index (χ1) is 9.00. The highest BCUT2D eigenvalue weighted by Crippen LogP contribution is 2.13. The maximum Gasteiger partial charge on any atom is 0.191 e. The van der Waals surface area contributed by atoms with Crippen LogP contribution < -0.4 is 0 Å². The van der Waals surface area contributed by atoms with E-state index in [0.717, 1.165) is 0 Å². The molecule has 19 heavy (non-hydrogen) atoms. The van der Waals surface area contributed by atoms with Gasteiger partial charge in [-0.3, -0.25) is 4.79 Å². The zero-order valence-electron chi connectivity index (χ0n) is 11.7. The van der Waals surface area contributed by atoms with Crippen molar-refractivity contribution in [1.29, 1.82) is 0 Å². The SMILES string of the molecule is CC(C)COCCOC(C)C(=O)c1cccc(Cl)c1. The fourth-order valence-corrected chi connectivity index (χ4v) is 1.75. The van der Waals surface area contributed by atoms with Gasteiger partial charge in [-0.25, -0.2) is 0 Å². The number of carbonyl (C=O) groups excluding carboxylic acids is 1. The van der Waals surface area contributed by atoms with Crippen molar-refractivity contribution in [2.75, 3.05) is 19.8 Å². The van der Waals surface area contributed by atoms with Gasteiger partial charge < -0.3 is 9.47 Å². The van der Waals surface area contributed by atoms with Crippen molar-refractivity contribution >= 4 is 17.4 Å². The van der Waals surface area contributed by atoms with Crippen molar-refractivity contribution in [1.82, 2.24) is 0 Å². The third kappa shape index (κ3) is 6.19. The van der Waals surface area contributed by atoms with Crippen molar-refractivity contribution < 1.29 is 14.3 Å². The third-order valence-electron chi connectivity index (χ3n) is 2.53. The Morgan fingerprint density at radius 2 is 2.00 bits per heavy atom. The molecule has 0 aliphatic heterocycles. The van der Waals surface area contributed by atoms with E-state index in [4.69, 9.17) is 21.1 Å². The molecular formula is C15H21ClO3. The molecule has 0 aromatic heterocycles. The molecule has 0 saturated heterocycles. The van der Waals surface area contributed by atoms with E-state index >= 15 is 0 Å². The lowest BCUT2D eigenvalue weighted by molar-refractivity contribution is 0.00970. The summed E-state index contributed by atoms with van der Waals surface area (Å²) in [6.07, 6.45) is -0.485. The average molecular weight is 285 g/mol. The lowest BCUT2D eigenvalue weighted by Crippen LogP contribution is -2.23. The minimum atomic E-state index is -0.485. The number of hydrogen-bond acceptors (Lipinski definition) is 3. The molecule has 1 aromatic carbocycles. The molecule has 1 aromatic rings. The zero-order valence-corrected chi connectivity index (χ0v) is 12.4. The van der Waals surface area contributed by atoms with E-state index in [1.165, 1.54) is 0 Å². The Hall–Kier alpha value is -0.900. The summed E-state index contributed by atoms with van der Waals surface area (Å²) in [5, 5.41) is 0.554. The lowest BCUT2D eigenvalue weighted by Gasteiger charge is -2.13. The molecule has 1 atom stereocenters. The van der Waals surface area contributed by atoms with E-state index in [-0.39, 0.29) is 5.78 Å². The van der Waals surface area contributed by atoms with E-state index in [1.54, 1.807) is 31.2 Å². The predicted octanol–water partition coefficient (Wildman–Crippen LogP) is 3.60. The largest absolute Gasteiger partial charge is 0.379 e. The summed E-state index contributed by atoms with van der Waals surface area (Å²) in [4.78, 5) is 12.0. The Bertz CT molecular complexity index is 404. The Balaban J connectivity index is 2.33. The van der Waals surface area contributed by atoms with Gasteiger partial charge in [-0.15, -0.1) is 0 Å². The first-order valence-electron chi connectivity index (χ1n) is 6.50. The van der Waals surface area contributed by atoms with Crippen LogP contribution in [0.25, 0.3) is 0 Å². The summed E-state index contributed by atoms with van der Waals surface area (Å²) < 4.78 is 10.9. The molecule has 0 saturated carbocycles. The minimum absolute atomic E-state index is 0.0636. The number of carbonyl (C=O) groups is 1. The molecule has 0 fully saturated rings. The minimum Gasteiger partial charge on any atom is -0.379 e. The molecule has 0 heterocycles. The average Bonchev–Trinajstić information content (AvgIpc) is 2.36. The van der Waals surface area contributed by atoms with Crippen molar-refractivity contribution in [3.05, 3.63) is 34.9 Å². The number of rotatable bonds is 8. The quantitative estimate of drug-likeness (QED) is 0.540. The van der Waals surface area contributed by atoms with E-state index in [9.17, 15) is 4.79 Å². The normalized spacial score (nSPS) is 12.7. The summed E-state index contributed by atoms with van der Waals surface area (Å²) in [6, 6.07) is 6.89. The molecule has 0 N–H and O–H groups in total. The molecule has 0 bridgehead atoms. The zero-order chi connectivity index (χ0) is 14.3. The van der Waals surface area contributed by atoms with Gasteiger partial charge >= 0.3 is 0 Å². The van der Waals surface area contributed by atoms with Gasteiger partial charge in [0.05, 0.1) is 13.2 Å². The number of Topliss-reactive ketones (excluding diaryl/α,β-unsaturated/α-hetero) is 1. The topological polar surface area (TPSA) is 35.5 Å². The Morgan fingerprint density at radius 1 is 1.26 bits per heavy atom. The van der Waals surface area contributed by atoms with Gasteiger partial charge in [0.2, 0.25) is 0 Å². The van der Waals surface area contributed by atoms with Crippen LogP contribution in [0.2, 0.25) is 5.02 Å². The summed E-state index contributed by atoms with van der Waals surface area (Å²) in [6.45, 7) is 7.55. The van der Waals surface area contributed by atoms with Gasteiger partial charge in [0.15, 0.2) is 5.78 Å². The molecule has 4 heteroatoms. The second kappa shape index (κ2) is 8.31. The third-order valence-corrected chi connectivity index (χ3v) is 2.76. The molecule has 1 rings (SSSR count). The molecule has 3 nitrogen and oxygen atoms in total. The number of ether oxygens (including phenoxy) is 2. The fraction of sp³-hybridized carbons (Fsp3) is 0.533. The van der Waals surface area contributed by atoms with Crippen LogP contribution in [0.15, 0.2) is 24.3 Å². The Kier molecular flexibility index (Phi) is 7.06. The summed E-state index contributed by atoms with van der Waals surface area (Å²) in [5.41, 5.74) is 0.572. The highest BCUT2D eigenvalue weighted by atomic mass is 35.5. The van der Waals surface area contributed by atoms with Gasteiger partial charge in [0.25, 0.3) is 0 Å². The van der Waals surface area contributed by atoms with E-state index < -0.39 is 6.10 Å². The van der Waals surface area contributed by atoms with Crippen LogP contribution in [0.3, 0.4) is 0 Å². The van der Waals surface area contributed by atoms with Gasteiger partial charge in [-0.05, 0) is 25.0 Å². The Labute approximate surface area is 119 Å². The lowest BCUT2D eigenvalue weighted by atomic mass is 10.1. The van der Waals surface area contributed by atoms with Gasteiger partial charge in [-0.2, -0.15) is 0 Å². The van der Waals surface area contributed by atoms with Crippen molar-refractivity contribution in [2.24, 2.45) is 5.92 Å². The van der Waals surface area contributed by atoms with Crippen LogP contribution >= 0.6 is 11.6 Å². The fourth-order valence-electron chi connectivity index (χ4n) is 1.55. The number of ketones is 1. The standard InChI is InChI=1S/C15H21ClO3/c1-11(2)10-18-7-8-19-12(3)15(17)13-5-4-6-14(16)9-13/h4-6,9,11-12H,7-8,10H2,1-3H3. The van der Waals surface area contributed by atoms with Gasteiger partial charge in [0.1, 0.15) is 6.10 Å². The highest BCUT2D eigenvalue weighted by molar-refractivity contribution is 6.31. The number of benzene rings is 1. The van der Waals surface area contributed by atoms with Crippen LogP contribution in [0.5, 0.6) is 0 Å². The summed E-state index contributed by atoms with van der Waals surface area (Å²) in [7, 11) is 0. The second-order valence-corrected chi connectivity index (χ2v) is 5.29. The van der Waals surface area contributed by atoms with Crippen molar-refractivity contribution in [3.63, 3.8) is 0 Å². The molecule has 0 amide bonds. The number of halogens is 1. The summed E-state index contributed by atoms with van der Waals surface area (Å²) in [5.74, 6) is 0.442. The number of hydrogen-bond donors (Lipinski definition) is 0. The Morgan fingerprint density at radius 3 is 2.63 bits per heavy atom. The molecule has 0 radical (unpaired) electrons. The summed E-state index contributed by atoms with van der Waals surface area (Å²) >= 11 is 5.86. The van der Waals surface area contributed by atoms with Crippen molar-refractivity contribution in [2.45, 2.75) is 26.9 Å². The van der Waals surface area contributed by atoms with E-state index in [1.807, 2.05) is 0 Å². The van der Waals surface area contributed by atoms with Gasteiger partial charge in [0, 0.05) is 17.2 Å². The van der Waals surface area contributed by atoms with Crippen molar-refractivity contribution in [3.8, 4) is 0 Å². The van der Waals surface area contributed by atoms with Crippen LogP contribution in [-0.2, 0) is 9.47 Å². The van der Waals surface area contributed by atoms with Crippen LogP contribution in [0, 0.1) is 5.92 Å². The maximum absolute atomic E-state index is 12.0.